The lowest BCUT2D eigenvalue weighted by Gasteiger charge is -2.11. The fraction of sp³-hybridized carbons (Fsp3) is 0.889. The first-order chi connectivity index (χ1) is 8.93. The molecule has 0 unspecified atom stereocenters. The molecule has 1 aliphatic rings. The monoisotopic (exact) mass is 250 g/mol. The second kappa shape index (κ2) is 11.8. The molecule has 0 N–H and O–H groups in total. The van der Waals surface area contributed by atoms with Crippen molar-refractivity contribution < 1.29 is 0 Å². The Morgan fingerprint density at radius 1 is 0.778 bits per heavy atom. The van der Waals surface area contributed by atoms with Crippen molar-refractivity contribution in [2.45, 2.75) is 103 Å². The molecule has 0 radical (unpaired) electrons. The first kappa shape index (κ1) is 15.8. The van der Waals surface area contributed by atoms with Crippen LogP contribution in [0, 0.1) is 0 Å². The predicted molar refractivity (Wildman–Crippen MR) is 83.0 cm³/mol. The van der Waals surface area contributed by atoms with Crippen LogP contribution in [0.5, 0.6) is 0 Å². The fourth-order valence-corrected chi connectivity index (χ4v) is 2.97. The molecule has 1 rings (SSSR count). The summed E-state index contributed by atoms with van der Waals surface area (Å²) in [6.07, 6.45) is 24.1. The third kappa shape index (κ3) is 8.78. The number of hydrogen-bond acceptors (Lipinski definition) is 0. The van der Waals surface area contributed by atoms with Gasteiger partial charge in [0.15, 0.2) is 0 Å². The summed E-state index contributed by atoms with van der Waals surface area (Å²) >= 11 is 0. The zero-order valence-corrected chi connectivity index (χ0v) is 12.7. The van der Waals surface area contributed by atoms with Gasteiger partial charge in [-0.15, -0.1) is 0 Å². The van der Waals surface area contributed by atoms with Gasteiger partial charge in [0.25, 0.3) is 0 Å². The number of unbranched alkanes of at least 4 members (excludes halogenated alkanes) is 7. The van der Waals surface area contributed by atoms with Crippen LogP contribution >= 0.6 is 0 Å². The van der Waals surface area contributed by atoms with Gasteiger partial charge < -0.3 is 0 Å². The number of rotatable bonds is 9. The molecule has 106 valence electrons. The Hall–Kier alpha value is -0.260. The molecule has 0 atom stereocenters. The van der Waals surface area contributed by atoms with Crippen molar-refractivity contribution in [3.8, 4) is 0 Å². The van der Waals surface area contributed by atoms with E-state index in [1.54, 1.807) is 5.57 Å². The van der Waals surface area contributed by atoms with Crippen LogP contribution in [0.1, 0.15) is 103 Å². The topological polar surface area (TPSA) is 0 Å². The summed E-state index contributed by atoms with van der Waals surface area (Å²) in [7, 11) is 0. The summed E-state index contributed by atoms with van der Waals surface area (Å²) in [5.74, 6) is 0. The zero-order chi connectivity index (χ0) is 12.9. The molecular weight excluding hydrogens is 216 g/mol. The lowest BCUT2D eigenvalue weighted by Crippen LogP contribution is -1.91. The van der Waals surface area contributed by atoms with E-state index in [9.17, 15) is 0 Å². The Labute approximate surface area is 115 Å². The Morgan fingerprint density at radius 2 is 1.44 bits per heavy atom. The molecule has 0 amide bonds. The van der Waals surface area contributed by atoms with Gasteiger partial charge in [-0.25, -0.2) is 0 Å². The predicted octanol–water partition coefficient (Wildman–Crippen LogP) is 6.80. The molecule has 0 heterocycles. The quantitative estimate of drug-likeness (QED) is 0.312. The average Bonchev–Trinajstić information content (AvgIpc) is 2.34. The molecule has 0 aromatic heterocycles. The maximum atomic E-state index is 2.56. The van der Waals surface area contributed by atoms with Gasteiger partial charge in [0.1, 0.15) is 0 Å². The summed E-state index contributed by atoms with van der Waals surface area (Å²) in [4.78, 5) is 0. The summed E-state index contributed by atoms with van der Waals surface area (Å²) < 4.78 is 0. The van der Waals surface area contributed by atoms with E-state index >= 15 is 0 Å². The Balaban J connectivity index is 1.93. The molecule has 0 aliphatic heterocycles. The first-order valence-electron chi connectivity index (χ1n) is 8.61. The van der Waals surface area contributed by atoms with Gasteiger partial charge in [-0.2, -0.15) is 0 Å². The Kier molecular flexibility index (Phi) is 10.4. The Morgan fingerprint density at radius 3 is 2.22 bits per heavy atom. The van der Waals surface area contributed by atoms with E-state index < -0.39 is 0 Å². The SMILES string of the molecule is CCCCCCCCCCC1=CCCCCCC1. The molecule has 0 saturated heterocycles. The van der Waals surface area contributed by atoms with E-state index in [1.165, 1.54) is 96.3 Å². The normalized spacial score (nSPS) is 17.1. The Bertz CT molecular complexity index is 202. The summed E-state index contributed by atoms with van der Waals surface area (Å²) in [6, 6.07) is 0. The summed E-state index contributed by atoms with van der Waals surface area (Å²) in [5, 5.41) is 0. The largest absolute Gasteiger partial charge is 0.0853 e. The van der Waals surface area contributed by atoms with E-state index in [-0.39, 0.29) is 0 Å². The van der Waals surface area contributed by atoms with Crippen LogP contribution in [-0.2, 0) is 0 Å². The second-order valence-electron chi connectivity index (χ2n) is 6.04. The minimum Gasteiger partial charge on any atom is -0.0853 e. The molecule has 0 fully saturated rings. The van der Waals surface area contributed by atoms with E-state index in [2.05, 4.69) is 13.0 Å². The van der Waals surface area contributed by atoms with Crippen LogP contribution in [-0.4, -0.2) is 0 Å². The van der Waals surface area contributed by atoms with Crippen molar-refractivity contribution in [3.05, 3.63) is 11.6 Å². The van der Waals surface area contributed by atoms with Gasteiger partial charge in [-0.1, -0.05) is 76.4 Å². The fourth-order valence-electron chi connectivity index (χ4n) is 2.97. The number of allylic oxidation sites excluding steroid dienone is 2. The maximum absolute atomic E-state index is 2.56. The summed E-state index contributed by atoms with van der Waals surface area (Å²) in [5.41, 5.74) is 1.78. The molecule has 0 aromatic rings. The minimum atomic E-state index is 1.35. The molecule has 0 aromatic carbocycles. The second-order valence-corrected chi connectivity index (χ2v) is 6.04. The standard InChI is InChI=1S/C18H34/c1-2-3-4-5-6-7-9-12-15-18-16-13-10-8-11-14-17-18/h16H,2-15,17H2,1H3. The maximum Gasteiger partial charge on any atom is -0.0320 e. The van der Waals surface area contributed by atoms with Crippen molar-refractivity contribution in [3.63, 3.8) is 0 Å². The molecule has 0 spiro atoms. The average molecular weight is 250 g/mol. The van der Waals surface area contributed by atoms with Crippen LogP contribution in [0.2, 0.25) is 0 Å². The van der Waals surface area contributed by atoms with Crippen molar-refractivity contribution in [2.24, 2.45) is 0 Å². The van der Waals surface area contributed by atoms with Gasteiger partial charge in [0, 0.05) is 0 Å². The van der Waals surface area contributed by atoms with E-state index in [4.69, 9.17) is 0 Å². The molecule has 0 bridgehead atoms. The van der Waals surface area contributed by atoms with Crippen LogP contribution in [0.3, 0.4) is 0 Å². The highest BCUT2D eigenvalue weighted by atomic mass is 14.1. The smallest absolute Gasteiger partial charge is 0.0320 e. The first-order valence-corrected chi connectivity index (χ1v) is 8.61. The highest BCUT2D eigenvalue weighted by Crippen LogP contribution is 2.21. The molecular formula is C18H34. The van der Waals surface area contributed by atoms with Crippen LogP contribution in [0.25, 0.3) is 0 Å². The van der Waals surface area contributed by atoms with Gasteiger partial charge in [-0.05, 0) is 38.5 Å². The van der Waals surface area contributed by atoms with E-state index in [0.29, 0.717) is 0 Å². The molecule has 0 saturated carbocycles. The van der Waals surface area contributed by atoms with Crippen molar-refractivity contribution >= 4 is 0 Å². The molecule has 1 aliphatic carbocycles. The molecule has 18 heavy (non-hydrogen) atoms. The zero-order valence-electron chi connectivity index (χ0n) is 12.7. The van der Waals surface area contributed by atoms with Crippen molar-refractivity contribution in [1.29, 1.82) is 0 Å². The highest BCUT2D eigenvalue weighted by molar-refractivity contribution is 5.02. The van der Waals surface area contributed by atoms with Gasteiger partial charge in [-0.3, -0.25) is 0 Å². The van der Waals surface area contributed by atoms with Crippen LogP contribution < -0.4 is 0 Å². The van der Waals surface area contributed by atoms with Crippen molar-refractivity contribution in [1.82, 2.24) is 0 Å². The lowest BCUT2D eigenvalue weighted by molar-refractivity contribution is 0.564. The van der Waals surface area contributed by atoms with Gasteiger partial charge >= 0.3 is 0 Å². The molecule has 0 heteroatoms. The van der Waals surface area contributed by atoms with Crippen LogP contribution in [0.4, 0.5) is 0 Å². The lowest BCUT2D eigenvalue weighted by atomic mass is 9.96. The van der Waals surface area contributed by atoms with Crippen molar-refractivity contribution in [2.75, 3.05) is 0 Å². The van der Waals surface area contributed by atoms with E-state index in [0.717, 1.165) is 0 Å². The third-order valence-corrected chi connectivity index (χ3v) is 4.24. The minimum absolute atomic E-state index is 1.35. The third-order valence-electron chi connectivity index (χ3n) is 4.24. The molecule has 0 nitrogen and oxygen atoms in total. The number of hydrogen-bond donors (Lipinski definition) is 0. The van der Waals surface area contributed by atoms with E-state index in [1.807, 2.05) is 0 Å². The van der Waals surface area contributed by atoms with Crippen LogP contribution in [0.15, 0.2) is 11.6 Å². The van der Waals surface area contributed by atoms with Gasteiger partial charge in [0.05, 0.1) is 0 Å². The van der Waals surface area contributed by atoms with Gasteiger partial charge in [0.2, 0.25) is 0 Å². The summed E-state index contributed by atoms with van der Waals surface area (Å²) in [6.45, 7) is 2.29. The highest BCUT2D eigenvalue weighted by Gasteiger charge is 2.02.